The summed E-state index contributed by atoms with van der Waals surface area (Å²) in [5.74, 6) is 2.08. The van der Waals surface area contributed by atoms with Gasteiger partial charge in [0.2, 0.25) is 5.01 Å². The standard InChI is InChI=1S/C23H26N4O4S/c1-29-18-8-4-16(5-9-18)24-22(28)23-26-25-21(32-23)14-27(17-6-7-17)13-15-12-19(30-2)10-11-20(15)31-3/h4-5,8-12,17H,6-7,13-14H2,1-3H3,(H,24,28). The van der Waals surface area contributed by atoms with Crippen LogP contribution in [-0.2, 0) is 13.1 Å². The van der Waals surface area contributed by atoms with Crippen molar-refractivity contribution in [2.24, 2.45) is 0 Å². The molecule has 0 bridgehead atoms. The molecule has 1 fully saturated rings. The van der Waals surface area contributed by atoms with Crippen LogP contribution in [0.25, 0.3) is 0 Å². The molecule has 8 nitrogen and oxygen atoms in total. The van der Waals surface area contributed by atoms with Gasteiger partial charge in [-0.1, -0.05) is 11.3 Å². The van der Waals surface area contributed by atoms with Crippen molar-refractivity contribution in [3.8, 4) is 17.2 Å². The number of benzene rings is 2. The van der Waals surface area contributed by atoms with Crippen LogP contribution in [-0.4, -0.2) is 48.4 Å². The molecule has 9 heteroatoms. The van der Waals surface area contributed by atoms with Crippen LogP contribution in [0.4, 0.5) is 5.69 Å². The molecule has 0 spiro atoms. The Balaban J connectivity index is 1.43. The molecule has 1 aromatic heterocycles. The average Bonchev–Trinajstić information content (AvgIpc) is 3.57. The van der Waals surface area contributed by atoms with Gasteiger partial charge in [-0.15, -0.1) is 10.2 Å². The first kappa shape index (κ1) is 22.0. The number of hydrogen-bond acceptors (Lipinski definition) is 8. The molecule has 1 saturated carbocycles. The third-order valence-corrected chi connectivity index (χ3v) is 6.18. The Kier molecular flexibility index (Phi) is 6.87. The molecule has 0 aliphatic heterocycles. The number of methoxy groups -OCH3 is 3. The van der Waals surface area contributed by atoms with E-state index < -0.39 is 0 Å². The molecule has 1 heterocycles. The Bertz CT molecular complexity index is 1070. The van der Waals surface area contributed by atoms with E-state index in [0.29, 0.717) is 29.8 Å². The molecule has 168 valence electrons. The molecule has 0 saturated heterocycles. The molecule has 1 aliphatic carbocycles. The SMILES string of the molecule is COc1ccc(NC(=O)c2nnc(CN(Cc3cc(OC)ccc3OC)C3CC3)s2)cc1. The van der Waals surface area contributed by atoms with Crippen molar-refractivity contribution in [3.63, 3.8) is 0 Å². The Morgan fingerprint density at radius 1 is 1.00 bits per heavy atom. The lowest BCUT2D eigenvalue weighted by Gasteiger charge is -2.22. The van der Waals surface area contributed by atoms with Crippen molar-refractivity contribution in [2.45, 2.75) is 32.0 Å². The number of aromatic nitrogens is 2. The summed E-state index contributed by atoms with van der Waals surface area (Å²) in [6.07, 6.45) is 2.30. The minimum Gasteiger partial charge on any atom is -0.497 e. The van der Waals surface area contributed by atoms with Gasteiger partial charge in [0, 0.05) is 23.8 Å². The summed E-state index contributed by atoms with van der Waals surface area (Å²) >= 11 is 1.31. The third kappa shape index (κ3) is 5.35. The monoisotopic (exact) mass is 454 g/mol. The number of ether oxygens (including phenoxy) is 3. The predicted octanol–water partition coefficient (Wildman–Crippen LogP) is 3.98. The highest BCUT2D eigenvalue weighted by molar-refractivity contribution is 7.13. The summed E-state index contributed by atoms with van der Waals surface area (Å²) in [6, 6.07) is 13.5. The van der Waals surface area contributed by atoms with Crippen molar-refractivity contribution in [1.82, 2.24) is 15.1 Å². The van der Waals surface area contributed by atoms with Gasteiger partial charge in [0.25, 0.3) is 5.91 Å². The first-order valence-corrected chi connectivity index (χ1v) is 11.1. The molecular formula is C23H26N4O4S. The second kappa shape index (κ2) is 9.97. The second-order valence-corrected chi connectivity index (χ2v) is 8.56. The van der Waals surface area contributed by atoms with E-state index in [0.717, 1.165) is 40.7 Å². The highest BCUT2D eigenvalue weighted by Gasteiger charge is 2.30. The maximum Gasteiger partial charge on any atom is 0.286 e. The van der Waals surface area contributed by atoms with Gasteiger partial charge in [-0.3, -0.25) is 9.69 Å². The van der Waals surface area contributed by atoms with Gasteiger partial charge in [-0.2, -0.15) is 0 Å². The maximum atomic E-state index is 12.6. The van der Waals surface area contributed by atoms with Gasteiger partial charge in [0.05, 0.1) is 27.9 Å². The van der Waals surface area contributed by atoms with E-state index >= 15 is 0 Å². The Hall–Kier alpha value is -3.17. The summed E-state index contributed by atoms with van der Waals surface area (Å²) in [6.45, 7) is 1.33. The Morgan fingerprint density at radius 2 is 1.72 bits per heavy atom. The lowest BCUT2D eigenvalue weighted by molar-refractivity contribution is 0.102. The van der Waals surface area contributed by atoms with Crippen molar-refractivity contribution < 1.29 is 19.0 Å². The first-order valence-electron chi connectivity index (χ1n) is 10.3. The average molecular weight is 455 g/mol. The fourth-order valence-corrected chi connectivity index (χ4v) is 4.18. The van der Waals surface area contributed by atoms with Gasteiger partial charge in [-0.05, 0) is 55.3 Å². The minimum absolute atomic E-state index is 0.272. The Morgan fingerprint density at radius 3 is 2.38 bits per heavy atom. The van der Waals surface area contributed by atoms with E-state index in [1.165, 1.54) is 11.3 Å². The molecule has 1 amide bonds. The zero-order valence-corrected chi connectivity index (χ0v) is 19.1. The number of anilines is 1. The van der Waals surface area contributed by atoms with Crippen LogP contribution in [0, 0.1) is 0 Å². The first-order chi connectivity index (χ1) is 15.6. The van der Waals surface area contributed by atoms with Gasteiger partial charge in [0.1, 0.15) is 22.3 Å². The van der Waals surface area contributed by atoms with Crippen LogP contribution < -0.4 is 19.5 Å². The molecule has 1 N–H and O–H groups in total. The molecule has 2 aromatic carbocycles. The van der Waals surface area contributed by atoms with Crippen LogP contribution in [0.1, 0.15) is 33.2 Å². The van der Waals surface area contributed by atoms with Gasteiger partial charge < -0.3 is 19.5 Å². The normalized spacial score (nSPS) is 13.1. The van der Waals surface area contributed by atoms with Crippen LogP contribution in [0.3, 0.4) is 0 Å². The summed E-state index contributed by atoms with van der Waals surface area (Å²) in [7, 11) is 4.93. The summed E-state index contributed by atoms with van der Waals surface area (Å²) in [5, 5.41) is 12.4. The summed E-state index contributed by atoms with van der Waals surface area (Å²) in [4.78, 5) is 14.9. The van der Waals surface area contributed by atoms with E-state index in [2.05, 4.69) is 20.4 Å². The fraction of sp³-hybridized carbons (Fsp3) is 0.348. The van der Waals surface area contributed by atoms with E-state index in [-0.39, 0.29) is 5.91 Å². The molecule has 0 unspecified atom stereocenters. The molecule has 0 atom stereocenters. The van der Waals surface area contributed by atoms with Crippen LogP contribution >= 0.6 is 11.3 Å². The lowest BCUT2D eigenvalue weighted by atomic mass is 10.1. The van der Waals surface area contributed by atoms with Crippen LogP contribution in [0.2, 0.25) is 0 Å². The highest BCUT2D eigenvalue weighted by Crippen LogP contribution is 2.33. The quantitative estimate of drug-likeness (QED) is 0.496. The second-order valence-electron chi connectivity index (χ2n) is 7.50. The number of nitrogens with one attached hydrogen (secondary N) is 1. The maximum absolute atomic E-state index is 12.6. The van der Waals surface area contributed by atoms with Gasteiger partial charge in [-0.25, -0.2) is 0 Å². The molecule has 4 rings (SSSR count). The number of hydrogen-bond donors (Lipinski definition) is 1. The Labute approximate surface area is 191 Å². The number of rotatable bonds is 10. The lowest BCUT2D eigenvalue weighted by Crippen LogP contribution is -2.25. The molecule has 3 aromatic rings. The van der Waals surface area contributed by atoms with E-state index in [4.69, 9.17) is 14.2 Å². The number of amides is 1. The smallest absolute Gasteiger partial charge is 0.286 e. The molecule has 32 heavy (non-hydrogen) atoms. The minimum atomic E-state index is -0.272. The van der Waals surface area contributed by atoms with E-state index in [1.807, 2.05) is 18.2 Å². The number of carbonyl (C=O) groups is 1. The van der Waals surface area contributed by atoms with Crippen molar-refractivity contribution in [3.05, 3.63) is 58.0 Å². The van der Waals surface area contributed by atoms with Crippen molar-refractivity contribution >= 4 is 22.9 Å². The topological polar surface area (TPSA) is 85.8 Å². The van der Waals surface area contributed by atoms with Gasteiger partial charge >= 0.3 is 0 Å². The fourth-order valence-electron chi connectivity index (χ4n) is 3.42. The zero-order chi connectivity index (χ0) is 22.5. The van der Waals surface area contributed by atoms with Crippen LogP contribution in [0.5, 0.6) is 17.2 Å². The van der Waals surface area contributed by atoms with E-state index in [1.54, 1.807) is 45.6 Å². The molecule has 1 aliphatic rings. The zero-order valence-electron chi connectivity index (χ0n) is 18.3. The predicted molar refractivity (Wildman–Crippen MR) is 123 cm³/mol. The summed E-state index contributed by atoms with van der Waals surface area (Å²) in [5.41, 5.74) is 1.73. The van der Waals surface area contributed by atoms with Crippen LogP contribution in [0.15, 0.2) is 42.5 Å². The highest BCUT2D eigenvalue weighted by atomic mass is 32.1. The van der Waals surface area contributed by atoms with E-state index in [9.17, 15) is 4.79 Å². The molecular weight excluding hydrogens is 428 g/mol. The van der Waals surface area contributed by atoms with Crippen molar-refractivity contribution in [1.29, 1.82) is 0 Å². The number of carbonyl (C=O) groups excluding carboxylic acids is 1. The number of nitrogens with zero attached hydrogens (tertiary/aromatic N) is 3. The third-order valence-electron chi connectivity index (χ3n) is 5.27. The van der Waals surface area contributed by atoms with Crippen molar-refractivity contribution in [2.75, 3.05) is 26.6 Å². The molecule has 0 radical (unpaired) electrons. The largest absolute Gasteiger partial charge is 0.497 e. The summed E-state index contributed by atoms with van der Waals surface area (Å²) < 4.78 is 16.1. The van der Waals surface area contributed by atoms with Gasteiger partial charge in [0.15, 0.2) is 0 Å².